The zero-order chi connectivity index (χ0) is 24.6. The third-order valence-corrected chi connectivity index (χ3v) is 4.69. The molecule has 12 heteroatoms. The van der Waals surface area contributed by atoms with Gasteiger partial charge in [-0.05, 0) is 36.4 Å². The van der Waals surface area contributed by atoms with Crippen LogP contribution in [0, 0.1) is 0 Å². The Morgan fingerprint density at radius 3 is 2.27 bits per heavy atom. The fourth-order valence-corrected chi connectivity index (χ4v) is 3.04. The number of halogens is 6. The van der Waals surface area contributed by atoms with Crippen LogP contribution in [-0.2, 0) is 19.4 Å². The van der Waals surface area contributed by atoms with Crippen LogP contribution >= 0.6 is 0 Å². The summed E-state index contributed by atoms with van der Waals surface area (Å²) >= 11 is 0. The molecule has 0 atom stereocenters. The Hall–Kier alpha value is -3.83. The molecule has 174 valence electrons. The van der Waals surface area contributed by atoms with Gasteiger partial charge in [0.2, 0.25) is 5.56 Å². The first-order valence-corrected chi connectivity index (χ1v) is 9.24. The Morgan fingerprint density at radius 2 is 1.67 bits per heavy atom. The fraction of sp³-hybridized carbons (Fsp3) is 0.190. The molecule has 0 unspecified atom stereocenters. The second kappa shape index (κ2) is 8.60. The minimum atomic E-state index is -5.28. The Morgan fingerprint density at radius 1 is 1.00 bits per heavy atom. The van der Waals surface area contributed by atoms with Gasteiger partial charge in [-0.3, -0.25) is 9.59 Å². The summed E-state index contributed by atoms with van der Waals surface area (Å²) in [6.07, 6.45) is -7.63. The van der Waals surface area contributed by atoms with E-state index in [0.717, 1.165) is 6.07 Å². The van der Waals surface area contributed by atoms with Crippen molar-refractivity contribution in [2.75, 3.05) is 17.3 Å². The van der Waals surface area contributed by atoms with Gasteiger partial charge in [0.05, 0.1) is 22.4 Å². The first-order valence-electron chi connectivity index (χ1n) is 9.24. The quantitative estimate of drug-likeness (QED) is 0.555. The first kappa shape index (κ1) is 23.8. The number of rotatable bonds is 4. The van der Waals surface area contributed by atoms with E-state index in [1.165, 1.54) is 53.2 Å². The number of aryl methyl sites for hydroxylation is 1. The van der Waals surface area contributed by atoms with Gasteiger partial charge in [0.15, 0.2) is 0 Å². The molecule has 3 aromatic rings. The van der Waals surface area contributed by atoms with Crippen molar-refractivity contribution in [2.24, 2.45) is 7.05 Å². The van der Waals surface area contributed by atoms with Crippen molar-refractivity contribution in [1.29, 1.82) is 0 Å². The minimum absolute atomic E-state index is 0.0534. The molecule has 2 heterocycles. The van der Waals surface area contributed by atoms with E-state index >= 15 is 0 Å². The number of aromatic nitrogens is 2. The van der Waals surface area contributed by atoms with Gasteiger partial charge in [-0.2, -0.15) is 26.3 Å². The van der Waals surface area contributed by atoms with E-state index in [-0.39, 0.29) is 29.1 Å². The highest BCUT2D eigenvalue weighted by molar-refractivity contribution is 6.08. The van der Waals surface area contributed by atoms with Crippen molar-refractivity contribution in [3.8, 4) is 0 Å². The summed E-state index contributed by atoms with van der Waals surface area (Å²) in [6.45, 7) is 0. The number of benzene rings is 1. The standard InChI is InChI=1S/C21H16F6N4O2/c1-30-11-13(6-8-17(30)32)31(2)18-14(4-3-9-28-18)19(33)29-12-5-7-15(20(22,23)24)16(10-12)21(25,26)27/h3-11H,1-2H3,(H,29,33). The maximum absolute atomic E-state index is 13.2. The number of nitrogens with zero attached hydrogens (tertiary/aromatic N) is 3. The highest BCUT2D eigenvalue weighted by Gasteiger charge is 2.43. The predicted octanol–water partition coefficient (Wildman–Crippen LogP) is 4.84. The number of pyridine rings is 2. The van der Waals surface area contributed by atoms with E-state index in [0.29, 0.717) is 5.69 Å². The zero-order valence-electron chi connectivity index (χ0n) is 17.1. The van der Waals surface area contributed by atoms with Crippen LogP contribution in [0.5, 0.6) is 0 Å². The van der Waals surface area contributed by atoms with E-state index in [1.807, 2.05) is 0 Å². The van der Waals surface area contributed by atoms with Crippen molar-refractivity contribution < 1.29 is 31.1 Å². The summed E-state index contributed by atoms with van der Waals surface area (Å²) in [6, 6.07) is 6.79. The monoisotopic (exact) mass is 470 g/mol. The van der Waals surface area contributed by atoms with Crippen molar-refractivity contribution in [3.05, 3.63) is 81.9 Å². The molecule has 1 aromatic carbocycles. The lowest BCUT2D eigenvalue weighted by Gasteiger charge is -2.21. The van der Waals surface area contributed by atoms with Crippen LogP contribution in [0.4, 0.5) is 43.5 Å². The lowest BCUT2D eigenvalue weighted by atomic mass is 10.1. The molecule has 3 rings (SSSR count). The number of amides is 1. The summed E-state index contributed by atoms with van der Waals surface area (Å²) in [5.74, 6) is -0.778. The SMILES string of the molecule is CN(c1ccc(=O)n(C)c1)c1ncccc1C(=O)Nc1ccc(C(F)(F)F)c(C(F)(F)F)c1. The number of hydrogen-bond acceptors (Lipinski definition) is 4. The van der Waals surface area contributed by atoms with E-state index in [9.17, 15) is 35.9 Å². The third kappa shape index (κ3) is 5.16. The first-order chi connectivity index (χ1) is 15.3. The van der Waals surface area contributed by atoms with Crippen LogP contribution in [-0.4, -0.2) is 22.5 Å². The molecule has 1 N–H and O–H groups in total. The largest absolute Gasteiger partial charge is 0.417 e. The normalized spacial score (nSPS) is 11.9. The Labute approximate surface area is 183 Å². The summed E-state index contributed by atoms with van der Waals surface area (Å²) < 4.78 is 79.8. The van der Waals surface area contributed by atoms with Crippen LogP contribution in [0.2, 0.25) is 0 Å². The van der Waals surface area contributed by atoms with Gasteiger partial charge >= 0.3 is 12.4 Å². The maximum atomic E-state index is 13.2. The Bertz CT molecular complexity index is 1250. The van der Waals surface area contributed by atoms with E-state index in [4.69, 9.17) is 0 Å². The van der Waals surface area contributed by atoms with E-state index < -0.39 is 35.1 Å². The highest BCUT2D eigenvalue weighted by atomic mass is 19.4. The molecule has 0 spiro atoms. The molecular weight excluding hydrogens is 454 g/mol. The van der Waals surface area contributed by atoms with Crippen molar-refractivity contribution >= 4 is 23.1 Å². The number of carbonyl (C=O) groups is 1. The van der Waals surface area contributed by atoms with Gasteiger partial charge in [-0.15, -0.1) is 0 Å². The molecule has 2 aromatic heterocycles. The van der Waals surface area contributed by atoms with Gasteiger partial charge in [0.1, 0.15) is 5.82 Å². The molecule has 0 saturated carbocycles. The van der Waals surface area contributed by atoms with Crippen molar-refractivity contribution in [2.45, 2.75) is 12.4 Å². The van der Waals surface area contributed by atoms with Gasteiger partial charge in [0.25, 0.3) is 5.91 Å². The number of anilines is 3. The second-order valence-corrected chi connectivity index (χ2v) is 6.98. The zero-order valence-corrected chi connectivity index (χ0v) is 17.1. The highest BCUT2D eigenvalue weighted by Crippen LogP contribution is 2.41. The Balaban J connectivity index is 1.96. The van der Waals surface area contributed by atoms with Gasteiger partial charge in [-0.25, -0.2) is 4.98 Å². The number of nitrogens with one attached hydrogen (secondary N) is 1. The minimum Gasteiger partial charge on any atom is -0.328 e. The van der Waals surface area contributed by atoms with Crippen LogP contribution in [0.3, 0.4) is 0 Å². The van der Waals surface area contributed by atoms with Crippen LogP contribution in [0.15, 0.2) is 59.7 Å². The molecule has 1 amide bonds. The van der Waals surface area contributed by atoms with Crippen LogP contribution in [0.1, 0.15) is 21.5 Å². The third-order valence-electron chi connectivity index (χ3n) is 4.69. The molecule has 0 saturated heterocycles. The smallest absolute Gasteiger partial charge is 0.328 e. The maximum Gasteiger partial charge on any atom is 0.417 e. The average Bonchev–Trinajstić information content (AvgIpc) is 2.73. The van der Waals surface area contributed by atoms with Crippen LogP contribution in [0.25, 0.3) is 0 Å². The topological polar surface area (TPSA) is 67.2 Å². The number of alkyl halides is 6. The second-order valence-electron chi connectivity index (χ2n) is 6.98. The summed E-state index contributed by atoms with van der Waals surface area (Å²) in [7, 11) is 3.08. The summed E-state index contributed by atoms with van der Waals surface area (Å²) in [5.41, 5.74) is -4.08. The molecule has 0 aliphatic heterocycles. The molecule has 33 heavy (non-hydrogen) atoms. The summed E-state index contributed by atoms with van der Waals surface area (Å²) in [4.78, 5) is 30.0. The molecule has 0 bridgehead atoms. The molecule has 0 fully saturated rings. The van der Waals surface area contributed by atoms with Gasteiger partial charge in [0, 0.05) is 38.2 Å². The molecule has 6 nitrogen and oxygen atoms in total. The van der Waals surface area contributed by atoms with E-state index in [1.54, 1.807) is 7.05 Å². The molecular formula is C21H16F6N4O2. The molecule has 0 radical (unpaired) electrons. The number of hydrogen-bond donors (Lipinski definition) is 1. The fourth-order valence-electron chi connectivity index (χ4n) is 3.04. The molecule has 0 aliphatic rings. The Kier molecular flexibility index (Phi) is 6.21. The van der Waals surface area contributed by atoms with E-state index in [2.05, 4.69) is 10.3 Å². The lowest BCUT2D eigenvalue weighted by molar-refractivity contribution is -0.162. The lowest BCUT2D eigenvalue weighted by Crippen LogP contribution is -2.22. The predicted molar refractivity (Wildman–Crippen MR) is 108 cm³/mol. The number of carbonyl (C=O) groups excluding carboxylic acids is 1. The van der Waals surface area contributed by atoms with Crippen molar-refractivity contribution in [1.82, 2.24) is 9.55 Å². The van der Waals surface area contributed by atoms with Crippen molar-refractivity contribution in [3.63, 3.8) is 0 Å². The summed E-state index contributed by atoms with van der Waals surface area (Å²) in [5, 5.41) is 2.19. The average molecular weight is 470 g/mol. The van der Waals surface area contributed by atoms with Gasteiger partial charge in [-0.1, -0.05) is 0 Å². The van der Waals surface area contributed by atoms with Gasteiger partial charge < -0.3 is 14.8 Å². The van der Waals surface area contributed by atoms with Crippen LogP contribution < -0.4 is 15.8 Å². The molecule has 0 aliphatic carbocycles.